The number of carbonyl (C=O) groups is 1. The number of H-pyrrole nitrogens is 2. The molecule has 1 amide bonds. The highest BCUT2D eigenvalue weighted by atomic mass is 16.2. The van der Waals surface area contributed by atoms with Crippen molar-refractivity contribution in [1.29, 1.82) is 0 Å². The van der Waals surface area contributed by atoms with Gasteiger partial charge >= 0.3 is 0 Å². The van der Waals surface area contributed by atoms with E-state index in [9.17, 15) is 4.79 Å². The van der Waals surface area contributed by atoms with Crippen LogP contribution in [0.25, 0.3) is 44.7 Å². The van der Waals surface area contributed by atoms with Gasteiger partial charge in [-0.3, -0.25) is 19.9 Å². The van der Waals surface area contributed by atoms with Crippen LogP contribution < -0.4 is 5.32 Å². The molecule has 6 rings (SSSR count). The SMILES string of the molecule is CNc1cncc(-c2cnc3[nH]nc(-c4nc5c(C(=O)N6CCCC6)cncc5[nH]4)c3c2)c1. The van der Waals surface area contributed by atoms with E-state index in [1.165, 1.54) is 0 Å². The number of aromatic nitrogens is 7. The van der Waals surface area contributed by atoms with Crippen molar-refractivity contribution in [2.45, 2.75) is 12.8 Å². The zero-order valence-corrected chi connectivity index (χ0v) is 18.0. The minimum atomic E-state index is -0.0311. The predicted octanol–water partition coefficient (Wildman–Crippen LogP) is 3.24. The van der Waals surface area contributed by atoms with Crippen LogP contribution in [0.3, 0.4) is 0 Å². The maximum atomic E-state index is 13.0. The summed E-state index contributed by atoms with van der Waals surface area (Å²) < 4.78 is 0. The van der Waals surface area contributed by atoms with Crippen molar-refractivity contribution < 1.29 is 4.79 Å². The maximum absolute atomic E-state index is 13.0. The summed E-state index contributed by atoms with van der Waals surface area (Å²) in [4.78, 5) is 36.0. The molecular formula is C23H21N9O. The van der Waals surface area contributed by atoms with E-state index in [-0.39, 0.29) is 5.91 Å². The van der Waals surface area contributed by atoms with Gasteiger partial charge in [-0.25, -0.2) is 9.97 Å². The molecular weight excluding hydrogens is 418 g/mol. The molecule has 0 aromatic carbocycles. The van der Waals surface area contributed by atoms with Gasteiger partial charge in [-0.2, -0.15) is 5.10 Å². The van der Waals surface area contributed by atoms with Crippen molar-refractivity contribution in [1.82, 2.24) is 40.0 Å². The lowest BCUT2D eigenvalue weighted by molar-refractivity contribution is 0.0794. The lowest BCUT2D eigenvalue weighted by Crippen LogP contribution is -2.27. The Morgan fingerprint density at radius 3 is 2.70 bits per heavy atom. The van der Waals surface area contributed by atoms with Crippen LogP contribution in [0.4, 0.5) is 5.69 Å². The summed E-state index contributed by atoms with van der Waals surface area (Å²) in [5, 5.41) is 11.4. The summed E-state index contributed by atoms with van der Waals surface area (Å²) in [5.74, 6) is 0.525. The van der Waals surface area contributed by atoms with Crippen molar-refractivity contribution in [3.05, 3.63) is 48.7 Å². The molecule has 5 aromatic heterocycles. The molecule has 0 radical (unpaired) electrons. The smallest absolute Gasteiger partial charge is 0.257 e. The largest absolute Gasteiger partial charge is 0.387 e. The Balaban J connectivity index is 1.44. The van der Waals surface area contributed by atoms with E-state index in [0.717, 1.165) is 48.1 Å². The summed E-state index contributed by atoms with van der Waals surface area (Å²) in [6, 6.07) is 4.03. The number of imidazole rings is 1. The van der Waals surface area contributed by atoms with Crippen LogP contribution in [0, 0.1) is 0 Å². The molecule has 0 saturated carbocycles. The van der Waals surface area contributed by atoms with Gasteiger partial charge in [-0.15, -0.1) is 0 Å². The third-order valence-corrected chi connectivity index (χ3v) is 6.02. The number of amides is 1. The Hall–Kier alpha value is -4.34. The van der Waals surface area contributed by atoms with E-state index < -0.39 is 0 Å². The van der Waals surface area contributed by atoms with Gasteiger partial charge in [0.2, 0.25) is 0 Å². The molecule has 6 heterocycles. The third kappa shape index (κ3) is 3.27. The minimum absolute atomic E-state index is 0.0311. The van der Waals surface area contributed by atoms with Gasteiger partial charge in [0.1, 0.15) is 11.2 Å². The first kappa shape index (κ1) is 19.4. The van der Waals surface area contributed by atoms with Crippen molar-refractivity contribution in [3.8, 4) is 22.6 Å². The van der Waals surface area contributed by atoms with Crippen molar-refractivity contribution in [2.24, 2.45) is 0 Å². The predicted molar refractivity (Wildman–Crippen MR) is 125 cm³/mol. The van der Waals surface area contributed by atoms with Gasteiger partial charge in [0.15, 0.2) is 11.5 Å². The quantitative estimate of drug-likeness (QED) is 0.392. The topological polar surface area (TPSA) is 128 Å². The summed E-state index contributed by atoms with van der Waals surface area (Å²) in [5.41, 5.74) is 5.86. The monoisotopic (exact) mass is 439 g/mol. The number of pyridine rings is 3. The van der Waals surface area contributed by atoms with E-state index in [0.29, 0.717) is 33.8 Å². The second-order valence-electron chi connectivity index (χ2n) is 8.07. The number of carbonyl (C=O) groups excluding carboxylic acids is 1. The summed E-state index contributed by atoms with van der Waals surface area (Å²) in [7, 11) is 1.86. The molecule has 1 aliphatic heterocycles. The average Bonchev–Trinajstić information content (AvgIpc) is 3.62. The fourth-order valence-corrected chi connectivity index (χ4v) is 4.27. The first-order chi connectivity index (χ1) is 16.2. The highest BCUT2D eigenvalue weighted by Crippen LogP contribution is 2.30. The summed E-state index contributed by atoms with van der Waals surface area (Å²) >= 11 is 0. The molecule has 10 heteroatoms. The van der Waals surface area contributed by atoms with Crippen LogP contribution >= 0.6 is 0 Å². The number of nitrogens with zero attached hydrogens (tertiary/aromatic N) is 6. The third-order valence-electron chi connectivity index (χ3n) is 6.02. The molecule has 5 aromatic rings. The number of fused-ring (bicyclic) bond motifs is 2. The number of likely N-dealkylation sites (tertiary alicyclic amines) is 1. The van der Waals surface area contributed by atoms with Gasteiger partial charge < -0.3 is 15.2 Å². The molecule has 0 aliphatic carbocycles. The van der Waals surface area contributed by atoms with Crippen molar-refractivity contribution >= 4 is 33.7 Å². The Morgan fingerprint density at radius 2 is 1.85 bits per heavy atom. The summed E-state index contributed by atoms with van der Waals surface area (Å²) in [6.07, 6.45) is 10.7. The Morgan fingerprint density at radius 1 is 1.03 bits per heavy atom. The van der Waals surface area contributed by atoms with E-state index in [1.807, 2.05) is 24.1 Å². The molecule has 1 fully saturated rings. The summed E-state index contributed by atoms with van der Waals surface area (Å²) in [6.45, 7) is 1.54. The molecule has 3 N–H and O–H groups in total. The van der Waals surface area contributed by atoms with Crippen LogP contribution in [0.5, 0.6) is 0 Å². The molecule has 1 aliphatic rings. The highest BCUT2D eigenvalue weighted by molar-refractivity contribution is 6.05. The molecule has 0 bridgehead atoms. The second-order valence-corrected chi connectivity index (χ2v) is 8.07. The number of aromatic amines is 2. The Kier molecular flexibility index (Phi) is 4.49. The van der Waals surface area contributed by atoms with Crippen LogP contribution in [-0.4, -0.2) is 66.1 Å². The number of hydrogen-bond acceptors (Lipinski definition) is 7. The first-order valence-corrected chi connectivity index (χ1v) is 10.8. The van der Waals surface area contributed by atoms with Crippen LogP contribution in [-0.2, 0) is 0 Å². The van der Waals surface area contributed by atoms with Crippen LogP contribution in [0.15, 0.2) is 43.1 Å². The average molecular weight is 439 g/mol. The Bertz CT molecular complexity index is 1500. The Labute approximate surface area is 188 Å². The van der Waals surface area contributed by atoms with Gasteiger partial charge in [0, 0.05) is 56.1 Å². The van der Waals surface area contributed by atoms with Crippen LogP contribution in [0.2, 0.25) is 0 Å². The van der Waals surface area contributed by atoms with Gasteiger partial charge in [0.25, 0.3) is 5.91 Å². The van der Waals surface area contributed by atoms with Gasteiger partial charge in [0.05, 0.1) is 28.4 Å². The standard InChI is InChI=1S/C23H21N9O/c1-24-15-6-13(8-25-10-15)14-7-16-20(30-31-21(16)27-9-14)22-28-18-12-26-11-17(19(18)29-22)23(33)32-4-2-3-5-32/h6-12,24H,2-5H2,1H3,(H,28,29)(H,27,30,31). The zero-order chi connectivity index (χ0) is 22.4. The van der Waals surface area contributed by atoms with E-state index in [2.05, 4.69) is 35.5 Å². The number of anilines is 1. The lowest BCUT2D eigenvalue weighted by Gasteiger charge is -2.14. The lowest BCUT2D eigenvalue weighted by atomic mass is 10.1. The van der Waals surface area contributed by atoms with Crippen LogP contribution in [0.1, 0.15) is 23.2 Å². The van der Waals surface area contributed by atoms with Crippen molar-refractivity contribution in [2.75, 3.05) is 25.5 Å². The maximum Gasteiger partial charge on any atom is 0.257 e. The highest BCUT2D eigenvalue weighted by Gasteiger charge is 2.24. The van der Waals surface area contributed by atoms with Gasteiger partial charge in [-0.05, 0) is 25.0 Å². The fraction of sp³-hybridized carbons (Fsp3) is 0.217. The molecule has 164 valence electrons. The first-order valence-electron chi connectivity index (χ1n) is 10.8. The fourth-order valence-electron chi connectivity index (χ4n) is 4.27. The van der Waals surface area contributed by atoms with E-state index in [1.54, 1.807) is 31.0 Å². The molecule has 0 unspecified atom stereocenters. The molecule has 33 heavy (non-hydrogen) atoms. The van der Waals surface area contributed by atoms with Gasteiger partial charge in [-0.1, -0.05) is 0 Å². The van der Waals surface area contributed by atoms with E-state index >= 15 is 0 Å². The molecule has 0 atom stereocenters. The molecule has 0 spiro atoms. The second kappa shape index (κ2) is 7.66. The number of rotatable bonds is 4. The molecule has 10 nitrogen and oxygen atoms in total. The zero-order valence-electron chi connectivity index (χ0n) is 18.0. The number of nitrogens with one attached hydrogen (secondary N) is 3. The van der Waals surface area contributed by atoms with E-state index in [4.69, 9.17) is 4.98 Å². The minimum Gasteiger partial charge on any atom is -0.387 e. The molecule has 1 saturated heterocycles. The van der Waals surface area contributed by atoms with Crippen molar-refractivity contribution in [3.63, 3.8) is 0 Å². The number of hydrogen-bond donors (Lipinski definition) is 3. The normalized spacial score (nSPS) is 13.8.